The smallest absolute Gasteiger partial charge is 0.219 e. The molecule has 0 aliphatic heterocycles. The van der Waals surface area contributed by atoms with Crippen molar-refractivity contribution in [2.45, 2.75) is 30.2 Å². The molecule has 0 saturated heterocycles. The van der Waals surface area contributed by atoms with Gasteiger partial charge in [0.15, 0.2) is 0 Å². The maximum absolute atomic E-state index is 14.9. The minimum absolute atomic E-state index is 0.129. The van der Waals surface area contributed by atoms with E-state index in [1.807, 2.05) is 22.5 Å². The first-order chi connectivity index (χ1) is 14.6. The van der Waals surface area contributed by atoms with E-state index in [0.717, 1.165) is 12.8 Å². The van der Waals surface area contributed by atoms with Crippen LogP contribution in [0.5, 0.6) is 0 Å². The summed E-state index contributed by atoms with van der Waals surface area (Å²) in [6.45, 7) is 0.451. The number of nitrogens with two attached hydrogens (primary N) is 1. The fourth-order valence-electron chi connectivity index (χ4n) is 3.30. The van der Waals surface area contributed by atoms with Gasteiger partial charge in [0, 0.05) is 42.5 Å². The molecule has 2 aromatic carbocycles. The molecule has 0 amide bonds. The zero-order valence-corrected chi connectivity index (χ0v) is 17.0. The van der Waals surface area contributed by atoms with E-state index in [4.69, 9.17) is 11.0 Å². The summed E-state index contributed by atoms with van der Waals surface area (Å²) in [5.74, 6) is -0.297. The molecule has 1 saturated carbocycles. The lowest BCUT2D eigenvalue weighted by Gasteiger charge is -2.21. The minimum Gasteiger partial charge on any atom is -0.368 e. The van der Waals surface area contributed by atoms with Crippen molar-refractivity contribution in [1.82, 2.24) is 14.3 Å². The number of aromatic nitrogens is 2. The van der Waals surface area contributed by atoms with Crippen LogP contribution in [-0.4, -0.2) is 31.1 Å². The van der Waals surface area contributed by atoms with Crippen molar-refractivity contribution in [3.05, 3.63) is 60.7 Å². The van der Waals surface area contributed by atoms with Crippen molar-refractivity contribution in [1.29, 1.82) is 5.26 Å². The van der Waals surface area contributed by atoms with Crippen molar-refractivity contribution >= 4 is 16.9 Å². The minimum atomic E-state index is -1.43. The number of rotatable bonds is 7. The highest BCUT2D eigenvalue weighted by Gasteiger charge is 2.33. The van der Waals surface area contributed by atoms with E-state index < -0.39 is 16.8 Å². The molecule has 4 rings (SSSR count). The molecule has 1 aliphatic carbocycles. The number of anilines is 1. The third-order valence-electron chi connectivity index (χ3n) is 4.95. The fourth-order valence-corrected chi connectivity index (χ4v) is 4.86. The average Bonchev–Trinajstić information content (AvgIpc) is 3.60. The van der Waals surface area contributed by atoms with Crippen LogP contribution in [0.3, 0.4) is 0 Å². The summed E-state index contributed by atoms with van der Waals surface area (Å²) in [6.07, 6.45) is 5.23. The number of benzene rings is 2. The van der Waals surface area contributed by atoms with E-state index in [1.54, 1.807) is 18.2 Å². The van der Waals surface area contributed by atoms with Crippen LogP contribution in [0.2, 0.25) is 0 Å². The number of hydrogen-bond acceptors (Lipinski definition) is 5. The van der Waals surface area contributed by atoms with Gasteiger partial charge in [-0.05, 0) is 36.1 Å². The molecule has 6 nitrogen and oxygen atoms in total. The fraction of sp³-hybridized carbons (Fsp3) is 0.227. The number of nitrogen functional groups attached to an aromatic ring is 1. The third kappa shape index (κ3) is 4.22. The van der Waals surface area contributed by atoms with Gasteiger partial charge in [0.05, 0.1) is 11.0 Å². The Morgan fingerprint density at radius 3 is 2.53 bits per heavy atom. The molecule has 0 bridgehead atoms. The molecule has 0 radical (unpaired) electrons. The van der Waals surface area contributed by atoms with Crippen LogP contribution >= 0.6 is 0 Å². The molecule has 8 heteroatoms. The quantitative estimate of drug-likeness (QED) is 0.623. The zero-order valence-electron chi connectivity index (χ0n) is 16.2. The van der Waals surface area contributed by atoms with Gasteiger partial charge >= 0.3 is 0 Å². The topological polar surface area (TPSA) is 95.9 Å². The van der Waals surface area contributed by atoms with Crippen LogP contribution in [0.25, 0.3) is 22.3 Å². The van der Waals surface area contributed by atoms with Crippen LogP contribution in [0.1, 0.15) is 19.3 Å². The number of nitriles is 1. The van der Waals surface area contributed by atoms with E-state index in [-0.39, 0.29) is 12.0 Å². The second-order valence-corrected chi connectivity index (χ2v) is 8.46. The van der Waals surface area contributed by atoms with Crippen molar-refractivity contribution in [3.63, 3.8) is 0 Å². The van der Waals surface area contributed by atoms with Crippen LogP contribution in [0, 0.1) is 17.1 Å². The van der Waals surface area contributed by atoms with Crippen molar-refractivity contribution < 1.29 is 8.60 Å². The van der Waals surface area contributed by atoms with Crippen molar-refractivity contribution in [2.75, 3.05) is 12.3 Å². The Kier molecular flexibility index (Phi) is 5.84. The van der Waals surface area contributed by atoms with Crippen LogP contribution in [0.15, 0.2) is 59.8 Å². The largest absolute Gasteiger partial charge is 0.368 e. The molecule has 1 aliphatic rings. The van der Waals surface area contributed by atoms with Crippen LogP contribution < -0.4 is 5.73 Å². The Bertz CT molecular complexity index is 1130. The van der Waals surface area contributed by atoms with Gasteiger partial charge in [0.1, 0.15) is 16.8 Å². The molecule has 30 heavy (non-hydrogen) atoms. The predicted octanol–water partition coefficient (Wildman–Crippen LogP) is 3.93. The van der Waals surface area contributed by atoms with Crippen molar-refractivity contribution in [2.24, 2.45) is 0 Å². The summed E-state index contributed by atoms with van der Waals surface area (Å²) in [4.78, 5) is 8.44. The first-order valence-corrected chi connectivity index (χ1v) is 10.7. The van der Waals surface area contributed by atoms with E-state index in [0.29, 0.717) is 40.1 Å². The molecule has 1 unspecified atom stereocenters. The average molecular weight is 422 g/mol. The van der Waals surface area contributed by atoms with Gasteiger partial charge in [-0.1, -0.05) is 30.3 Å². The summed E-state index contributed by atoms with van der Waals surface area (Å²) in [6, 6.07) is 14.5. The molecule has 1 heterocycles. The Labute approximate surface area is 176 Å². The maximum atomic E-state index is 14.9. The molecular formula is C22H20FN5OS. The van der Waals surface area contributed by atoms with E-state index in [1.165, 1.54) is 18.5 Å². The van der Waals surface area contributed by atoms with Gasteiger partial charge in [-0.15, -0.1) is 0 Å². The second-order valence-electron chi connectivity index (χ2n) is 7.05. The first kappa shape index (κ1) is 20.1. The molecule has 1 atom stereocenters. The van der Waals surface area contributed by atoms with Gasteiger partial charge in [-0.2, -0.15) is 5.26 Å². The molecule has 1 fully saturated rings. The molecule has 152 valence electrons. The van der Waals surface area contributed by atoms with E-state index in [2.05, 4.69) is 16.0 Å². The summed E-state index contributed by atoms with van der Waals surface area (Å²) < 4.78 is 30.1. The molecule has 2 N–H and O–H groups in total. The highest BCUT2D eigenvalue weighted by molar-refractivity contribution is 7.82. The molecule has 1 aromatic heterocycles. The number of nitrogens with zero attached hydrogens (tertiary/aromatic N) is 4. The number of hydrogen-bond donors (Lipinski definition) is 1. The van der Waals surface area contributed by atoms with Gasteiger partial charge in [-0.25, -0.2) is 22.9 Å². The summed E-state index contributed by atoms with van der Waals surface area (Å²) in [7, 11) is -1.43. The lowest BCUT2D eigenvalue weighted by molar-refractivity contribution is 0.445. The maximum Gasteiger partial charge on any atom is 0.219 e. The second kappa shape index (κ2) is 8.69. The third-order valence-corrected chi connectivity index (χ3v) is 6.59. The lowest BCUT2D eigenvalue weighted by atomic mass is 10.0. The highest BCUT2D eigenvalue weighted by atomic mass is 32.2. The Morgan fingerprint density at radius 1 is 1.13 bits per heavy atom. The lowest BCUT2D eigenvalue weighted by Crippen LogP contribution is -2.29. The normalized spacial score (nSPS) is 14.4. The Hall–Kier alpha value is -3.15. The monoisotopic (exact) mass is 421 g/mol. The highest BCUT2D eigenvalue weighted by Crippen LogP contribution is 2.35. The molecule has 0 spiro atoms. The standard InChI is InChI=1S/C22H20FN5OS/c23-20-12-15(6-9-18(20)16-13-26-22(25)27-14-16)19-4-1-2-5-21(19)30(29)28(11-3-10-24)17-7-8-17/h1-2,4-6,9,12-14,17H,3,7-8,11H2,(H2,25,26,27). The predicted molar refractivity (Wildman–Crippen MR) is 114 cm³/mol. The van der Waals surface area contributed by atoms with Crippen LogP contribution in [0.4, 0.5) is 10.3 Å². The summed E-state index contributed by atoms with van der Waals surface area (Å²) in [5, 5.41) is 8.93. The molecular weight excluding hydrogens is 401 g/mol. The Morgan fingerprint density at radius 2 is 1.87 bits per heavy atom. The van der Waals surface area contributed by atoms with Gasteiger partial charge in [0.25, 0.3) is 0 Å². The summed E-state index contributed by atoms with van der Waals surface area (Å²) >= 11 is 0. The van der Waals surface area contributed by atoms with Gasteiger partial charge in [-0.3, -0.25) is 0 Å². The summed E-state index contributed by atoms with van der Waals surface area (Å²) in [5.41, 5.74) is 7.74. The van der Waals surface area contributed by atoms with E-state index >= 15 is 0 Å². The van der Waals surface area contributed by atoms with Crippen LogP contribution in [-0.2, 0) is 11.0 Å². The van der Waals surface area contributed by atoms with Gasteiger partial charge < -0.3 is 5.73 Å². The van der Waals surface area contributed by atoms with Crippen molar-refractivity contribution in [3.8, 4) is 28.3 Å². The van der Waals surface area contributed by atoms with E-state index in [9.17, 15) is 8.60 Å². The first-order valence-electron chi connectivity index (χ1n) is 9.61. The number of halogens is 1. The SMILES string of the molecule is N#CCCN(C1CC1)S(=O)c1ccccc1-c1ccc(-c2cnc(N)nc2)c(F)c1. The Balaban J connectivity index is 1.68. The van der Waals surface area contributed by atoms with Gasteiger partial charge in [0.2, 0.25) is 5.95 Å². The molecule has 3 aromatic rings. The zero-order chi connectivity index (χ0) is 21.1.